The molecule has 0 spiro atoms. The lowest BCUT2D eigenvalue weighted by molar-refractivity contribution is -0.132. The van der Waals surface area contributed by atoms with Crippen LogP contribution in [0.4, 0.5) is 0 Å². The summed E-state index contributed by atoms with van der Waals surface area (Å²) in [5, 5.41) is 65.2. The molecule has 0 aliphatic heterocycles. The first kappa shape index (κ1) is 39.3. The summed E-state index contributed by atoms with van der Waals surface area (Å²) in [6.07, 6.45) is 1.68. The number of phenolic OH excluding ortho intramolecular Hbond substituents is 1. The molecule has 0 radical (unpaired) electrons. The third kappa shape index (κ3) is 9.13. The van der Waals surface area contributed by atoms with Gasteiger partial charge in [-0.1, -0.05) is 58.9 Å². The van der Waals surface area contributed by atoms with E-state index in [0.717, 1.165) is 0 Å². The molecule has 1 aromatic carbocycles. The highest BCUT2D eigenvalue weighted by Gasteiger charge is 2.37. The molecule has 258 valence electrons. The number of carboxylic acid groups (broad SMARTS) is 1. The monoisotopic (exact) mass is 655 g/mol. The van der Waals surface area contributed by atoms with E-state index in [4.69, 9.17) is 5.11 Å². The van der Waals surface area contributed by atoms with Crippen molar-refractivity contribution in [3.63, 3.8) is 0 Å². The Morgan fingerprint density at radius 1 is 0.745 bits per heavy atom. The molecule has 7 N–H and O–H groups in total. The Hall–Kier alpha value is -3.90. The molecule has 11 nitrogen and oxygen atoms in total. The summed E-state index contributed by atoms with van der Waals surface area (Å²) in [5.74, 6) is -6.02. The van der Waals surface area contributed by atoms with Crippen LogP contribution in [0, 0.1) is 36.5 Å². The third-order valence-electron chi connectivity index (χ3n) is 9.29. The van der Waals surface area contributed by atoms with Gasteiger partial charge in [-0.2, -0.15) is 0 Å². The highest BCUT2D eigenvalue weighted by molar-refractivity contribution is 6.27. The molecule has 1 amide bonds. The number of carbonyl (C=O) groups is 4. The van der Waals surface area contributed by atoms with Crippen LogP contribution in [0.15, 0.2) is 58.9 Å². The van der Waals surface area contributed by atoms with E-state index in [0.29, 0.717) is 5.56 Å². The van der Waals surface area contributed by atoms with Crippen molar-refractivity contribution in [2.24, 2.45) is 29.6 Å². The predicted molar refractivity (Wildman–Crippen MR) is 176 cm³/mol. The molecule has 0 saturated heterocycles. The zero-order valence-electron chi connectivity index (χ0n) is 28.5. The Bertz CT molecular complexity index is 1500. The van der Waals surface area contributed by atoms with Crippen molar-refractivity contribution in [1.82, 2.24) is 5.32 Å². The van der Waals surface area contributed by atoms with E-state index in [2.05, 4.69) is 5.32 Å². The van der Waals surface area contributed by atoms with E-state index in [9.17, 15) is 44.7 Å². The molecule has 0 aromatic heterocycles. The Kier molecular flexibility index (Phi) is 13.6. The van der Waals surface area contributed by atoms with Crippen LogP contribution in [0.5, 0.6) is 5.75 Å². The first-order chi connectivity index (χ1) is 21.7. The summed E-state index contributed by atoms with van der Waals surface area (Å²) < 4.78 is 0. The molecule has 1 aromatic rings. The van der Waals surface area contributed by atoms with E-state index in [-0.39, 0.29) is 39.3 Å². The molecule has 47 heavy (non-hydrogen) atoms. The van der Waals surface area contributed by atoms with Crippen molar-refractivity contribution in [3.05, 3.63) is 75.5 Å². The number of benzene rings is 1. The van der Waals surface area contributed by atoms with Crippen LogP contribution in [0.3, 0.4) is 0 Å². The number of fused-ring (bicyclic) bond motifs is 1. The van der Waals surface area contributed by atoms with Crippen molar-refractivity contribution in [3.8, 4) is 5.75 Å². The van der Waals surface area contributed by atoms with E-state index < -0.39 is 77.4 Å². The van der Waals surface area contributed by atoms with Gasteiger partial charge >= 0.3 is 5.97 Å². The maximum Gasteiger partial charge on any atom is 0.330 e. The SMILES string of the molecule is CC(=C[C@H](C)[C@H](O)[C@@H](C)[C@@H](O)[C@@H](C)[C@H](O)[C@@H](C)[C@H](O)[C@H](C)C=CC=C(C)C(=O)NC1=C(C)C(=O)c2cc(O)c(C)cc2C1=O)C(=O)O. The summed E-state index contributed by atoms with van der Waals surface area (Å²) in [7, 11) is 0. The van der Waals surface area contributed by atoms with E-state index in [1.54, 1.807) is 53.7 Å². The van der Waals surface area contributed by atoms with Gasteiger partial charge in [-0.15, -0.1) is 0 Å². The maximum absolute atomic E-state index is 13.1. The van der Waals surface area contributed by atoms with Crippen molar-refractivity contribution >= 4 is 23.4 Å². The number of nitrogens with one attached hydrogen (secondary N) is 1. The summed E-state index contributed by atoms with van der Waals surface area (Å²) >= 11 is 0. The average molecular weight is 656 g/mol. The van der Waals surface area contributed by atoms with Crippen LogP contribution in [0.2, 0.25) is 0 Å². The average Bonchev–Trinajstić information content (AvgIpc) is 3.03. The standard InChI is InChI=1S/C36H49NO10/c1-16(29(39)22(7)31(41)24(9)32(42)23(8)30(40)19(4)13-20(5)36(46)47)11-10-12-17(2)35(45)37-28-21(6)33(43)26-15-27(38)18(3)14-25(26)34(28)44/h10-16,19,22-24,29-32,38-42H,1-9H3,(H,37,45)(H,46,47)/t16-,19+,22+,23-,24+,29-,30+,31-,32-/m1/s1. The Morgan fingerprint density at radius 2 is 1.23 bits per heavy atom. The summed E-state index contributed by atoms with van der Waals surface area (Å²) in [6, 6.07) is 2.66. The molecule has 0 heterocycles. The Labute approximate surface area is 276 Å². The van der Waals surface area contributed by atoms with Crippen LogP contribution >= 0.6 is 0 Å². The van der Waals surface area contributed by atoms with E-state index in [1.165, 1.54) is 45.1 Å². The molecule has 9 atom stereocenters. The number of aromatic hydroxyl groups is 1. The smallest absolute Gasteiger partial charge is 0.330 e. The number of ketones is 2. The van der Waals surface area contributed by atoms with Crippen LogP contribution < -0.4 is 5.32 Å². The van der Waals surface area contributed by atoms with E-state index in [1.807, 2.05) is 0 Å². The minimum atomic E-state index is -1.15. The normalized spacial score (nSPS) is 20.2. The molecule has 0 unspecified atom stereocenters. The van der Waals surface area contributed by atoms with Crippen molar-refractivity contribution in [1.29, 1.82) is 0 Å². The lowest BCUT2D eigenvalue weighted by Crippen LogP contribution is -2.45. The van der Waals surface area contributed by atoms with Crippen LogP contribution in [0.25, 0.3) is 0 Å². The number of aliphatic hydroxyl groups is 4. The fourth-order valence-electron chi connectivity index (χ4n) is 5.71. The molecule has 0 saturated carbocycles. The number of hydrogen-bond donors (Lipinski definition) is 7. The van der Waals surface area contributed by atoms with Crippen molar-refractivity contribution in [2.75, 3.05) is 0 Å². The molecule has 1 aliphatic rings. The summed E-state index contributed by atoms with van der Waals surface area (Å²) in [6.45, 7) is 14.2. The molecule has 11 heteroatoms. The Balaban J connectivity index is 2.06. The highest BCUT2D eigenvalue weighted by atomic mass is 16.4. The fourth-order valence-corrected chi connectivity index (χ4v) is 5.71. The molecular formula is C36H49NO10. The second kappa shape index (κ2) is 16.3. The molecule has 0 bridgehead atoms. The first-order valence-electron chi connectivity index (χ1n) is 15.7. The van der Waals surface area contributed by atoms with Gasteiger partial charge in [0.15, 0.2) is 5.78 Å². The lowest BCUT2D eigenvalue weighted by Gasteiger charge is -2.36. The quantitative estimate of drug-likeness (QED) is 0.115. The minimum absolute atomic E-state index is 0.0506. The molecule has 1 aliphatic carbocycles. The van der Waals surface area contributed by atoms with Gasteiger partial charge in [0.1, 0.15) is 5.75 Å². The number of allylic oxidation sites excluding steroid dienone is 4. The topological polar surface area (TPSA) is 202 Å². The van der Waals surface area contributed by atoms with Crippen LogP contribution in [0.1, 0.15) is 81.7 Å². The largest absolute Gasteiger partial charge is 0.508 e. The zero-order valence-corrected chi connectivity index (χ0v) is 28.5. The fraction of sp³-hybridized carbons (Fsp3) is 0.500. The second-order valence-electron chi connectivity index (χ2n) is 12.9. The number of rotatable bonds is 14. The van der Waals surface area contributed by atoms with Gasteiger partial charge in [-0.3, -0.25) is 14.4 Å². The molecule has 2 rings (SSSR count). The number of carbonyl (C=O) groups excluding carboxylic acids is 3. The van der Waals surface area contributed by atoms with Gasteiger partial charge in [0.25, 0.3) is 5.91 Å². The molecule has 0 fully saturated rings. The number of amides is 1. The number of carboxylic acids is 1. The van der Waals surface area contributed by atoms with Crippen molar-refractivity contribution < 1.29 is 49.8 Å². The van der Waals surface area contributed by atoms with Crippen LogP contribution in [-0.2, 0) is 9.59 Å². The number of Topliss-reactive ketones (excluding diaryl/α,β-unsaturated/α-hetero) is 2. The number of hydrogen-bond acceptors (Lipinski definition) is 9. The maximum atomic E-state index is 13.1. The highest BCUT2D eigenvalue weighted by Crippen LogP contribution is 2.31. The van der Waals surface area contributed by atoms with Gasteiger partial charge in [-0.05, 0) is 45.4 Å². The minimum Gasteiger partial charge on any atom is -0.508 e. The second-order valence-corrected chi connectivity index (χ2v) is 12.9. The number of aliphatic carboxylic acids is 1. The predicted octanol–water partition coefficient (Wildman–Crippen LogP) is 3.63. The van der Waals surface area contributed by atoms with Crippen molar-refractivity contribution in [2.45, 2.75) is 86.7 Å². The van der Waals surface area contributed by atoms with Gasteiger partial charge in [0.05, 0.1) is 30.1 Å². The zero-order chi connectivity index (χ0) is 36.1. The number of aliphatic hydroxyl groups excluding tert-OH is 4. The Morgan fingerprint density at radius 3 is 1.77 bits per heavy atom. The van der Waals surface area contributed by atoms with Crippen LogP contribution in [-0.4, -0.2) is 78.5 Å². The number of phenols is 1. The van der Waals surface area contributed by atoms with Gasteiger partial charge in [-0.25, -0.2) is 4.79 Å². The van der Waals surface area contributed by atoms with Gasteiger partial charge in [0, 0.05) is 57.4 Å². The lowest BCUT2D eigenvalue weighted by atomic mass is 9.77. The van der Waals surface area contributed by atoms with Gasteiger partial charge < -0.3 is 36.0 Å². The first-order valence-corrected chi connectivity index (χ1v) is 15.7. The van der Waals surface area contributed by atoms with Gasteiger partial charge in [0.2, 0.25) is 5.78 Å². The third-order valence-corrected chi connectivity index (χ3v) is 9.29. The summed E-state index contributed by atoms with van der Waals surface area (Å²) in [4.78, 5) is 50.0. The number of aryl methyl sites for hydroxylation is 1. The van der Waals surface area contributed by atoms with E-state index >= 15 is 0 Å². The summed E-state index contributed by atoms with van der Waals surface area (Å²) in [5.41, 5.74) is 0.786. The molecular weight excluding hydrogens is 606 g/mol.